The van der Waals surface area contributed by atoms with Gasteiger partial charge in [-0.15, -0.1) is 0 Å². The average Bonchev–Trinajstić information content (AvgIpc) is 3.36. The normalized spacial score (nSPS) is 13.2. The van der Waals surface area contributed by atoms with E-state index in [4.69, 9.17) is 17.2 Å². The number of aryl methyl sites for hydroxylation is 2. The molecule has 0 bridgehead atoms. The molecule has 0 aliphatic carbocycles. The molecule has 0 spiro atoms. The van der Waals surface area contributed by atoms with Crippen LogP contribution in [0.3, 0.4) is 0 Å². The van der Waals surface area contributed by atoms with Crippen molar-refractivity contribution in [2.24, 2.45) is 17.2 Å². The summed E-state index contributed by atoms with van der Waals surface area (Å²) < 4.78 is 1.87. The number of fused-ring (bicyclic) bond motifs is 3. The van der Waals surface area contributed by atoms with Crippen LogP contribution in [0.1, 0.15) is 66.7 Å². The lowest BCUT2D eigenvalue weighted by Gasteiger charge is -2.10. The number of pyridine rings is 1. The Bertz CT molecular complexity index is 1710. The zero-order valence-electron chi connectivity index (χ0n) is 24.2. The molecular formula is C35H41N5. The van der Waals surface area contributed by atoms with E-state index in [1.54, 1.807) is 0 Å². The molecule has 206 valence electrons. The van der Waals surface area contributed by atoms with Crippen LogP contribution in [0.15, 0.2) is 103 Å². The van der Waals surface area contributed by atoms with Crippen LogP contribution in [0.25, 0.3) is 27.1 Å². The van der Waals surface area contributed by atoms with E-state index in [1.165, 1.54) is 43.8 Å². The number of hydrogen-bond acceptors (Lipinski definition) is 4. The highest BCUT2D eigenvalue weighted by atomic mass is 15.2. The third-order valence-electron chi connectivity index (χ3n) is 7.06. The van der Waals surface area contributed by atoms with Crippen LogP contribution < -0.4 is 17.2 Å². The fourth-order valence-corrected chi connectivity index (χ4v) is 4.93. The van der Waals surface area contributed by atoms with Crippen LogP contribution in [0.2, 0.25) is 0 Å². The second kappa shape index (κ2) is 12.9. The summed E-state index contributed by atoms with van der Waals surface area (Å²) in [6, 6.07) is 31.7. The van der Waals surface area contributed by atoms with Gasteiger partial charge in [0, 0.05) is 29.9 Å². The molecule has 5 nitrogen and oxygen atoms in total. The Kier molecular flexibility index (Phi) is 9.33. The topological polar surface area (TPSA) is 95.4 Å². The van der Waals surface area contributed by atoms with Crippen molar-refractivity contribution in [2.75, 3.05) is 0 Å². The summed E-state index contributed by atoms with van der Waals surface area (Å²) in [6.45, 7) is 10.2. The van der Waals surface area contributed by atoms with E-state index in [2.05, 4.69) is 90.9 Å². The van der Waals surface area contributed by atoms with Crippen molar-refractivity contribution >= 4 is 27.1 Å². The fraction of sp³-hybridized carbons (Fsp3) is 0.229. The van der Waals surface area contributed by atoms with E-state index in [9.17, 15) is 0 Å². The second-order valence-electron chi connectivity index (χ2n) is 10.6. The second-order valence-corrected chi connectivity index (χ2v) is 10.6. The summed E-state index contributed by atoms with van der Waals surface area (Å²) in [4.78, 5) is 0. The van der Waals surface area contributed by atoms with Crippen molar-refractivity contribution in [1.82, 2.24) is 9.61 Å². The molecule has 40 heavy (non-hydrogen) atoms. The van der Waals surface area contributed by atoms with Gasteiger partial charge < -0.3 is 17.2 Å². The van der Waals surface area contributed by atoms with E-state index < -0.39 is 0 Å². The molecule has 3 unspecified atom stereocenters. The first kappa shape index (κ1) is 29.0. The Morgan fingerprint density at radius 1 is 0.575 bits per heavy atom. The van der Waals surface area contributed by atoms with Crippen molar-refractivity contribution in [3.8, 4) is 0 Å². The Morgan fingerprint density at radius 3 is 1.77 bits per heavy atom. The number of aromatic nitrogens is 2. The Balaban J connectivity index is 0.000000139. The first-order valence-electron chi connectivity index (χ1n) is 13.8. The van der Waals surface area contributed by atoms with Gasteiger partial charge in [0.1, 0.15) is 0 Å². The molecule has 6 aromatic rings. The van der Waals surface area contributed by atoms with Crippen LogP contribution in [0.5, 0.6) is 0 Å². The maximum atomic E-state index is 5.92. The zero-order valence-corrected chi connectivity index (χ0v) is 24.2. The van der Waals surface area contributed by atoms with Gasteiger partial charge in [-0.05, 0) is 78.9 Å². The largest absolute Gasteiger partial charge is 0.324 e. The smallest absolute Gasteiger partial charge is 0.0709 e. The molecule has 0 fully saturated rings. The summed E-state index contributed by atoms with van der Waals surface area (Å²) in [5, 5.41) is 9.31. The fourth-order valence-electron chi connectivity index (χ4n) is 4.93. The molecule has 0 amide bonds. The van der Waals surface area contributed by atoms with Gasteiger partial charge in [-0.2, -0.15) is 5.10 Å². The minimum absolute atomic E-state index is 0.0419. The van der Waals surface area contributed by atoms with E-state index >= 15 is 0 Å². The average molecular weight is 532 g/mol. The molecule has 0 aliphatic rings. The standard InChI is InChI=1S/C13H15N.C12H13N.C10H13N3/c1-9-6-7-13-11(8-9)4-3-5-12(13)10(2)14;1-9(13)11-8-4-6-10-5-2-3-7-12(10)11;1-7-3-4-10-9(8(2)11)5-12-13(10)6-7/h3-8,10H,14H2,1-2H3;2-9H,13H2,1H3;3-6,8H,11H2,1-2H3. The van der Waals surface area contributed by atoms with Crippen molar-refractivity contribution in [1.29, 1.82) is 0 Å². The Hall–Kier alpha value is -4.03. The molecule has 4 aromatic carbocycles. The number of hydrogen-bond donors (Lipinski definition) is 3. The molecular weight excluding hydrogens is 490 g/mol. The van der Waals surface area contributed by atoms with Gasteiger partial charge in [-0.3, -0.25) is 0 Å². The number of nitrogens with two attached hydrogens (primary N) is 3. The van der Waals surface area contributed by atoms with E-state index in [-0.39, 0.29) is 18.1 Å². The van der Waals surface area contributed by atoms with Crippen molar-refractivity contribution in [2.45, 2.75) is 52.7 Å². The molecule has 0 saturated carbocycles. The lowest BCUT2D eigenvalue weighted by Crippen LogP contribution is -2.05. The van der Waals surface area contributed by atoms with Gasteiger partial charge in [0.15, 0.2) is 0 Å². The molecule has 5 heteroatoms. The molecule has 2 aromatic heterocycles. The van der Waals surface area contributed by atoms with Gasteiger partial charge in [0.05, 0.1) is 11.7 Å². The molecule has 0 saturated heterocycles. The van der Waals surface area contributed by atoms with E-state index in [0.717, 1.165) is 11.1 Å². The molecule has 0 aliphatic heterocycles. The highest BCUT2D eigenvalue weighted by Crippen LogP contribution is 2.24. The first-order chi connectivity index (χ1) is 19.2. The van der Waals surface area contributed by atoms with Gasteiger partial charge in [0.25, 0.3) is 0 Å². The van der Waals surface area contributed by atoms with Crippen molar-refractivity contribution in [3.05, 3.63) is 131 Å². The van der Waals surface area contributed by atoms with Gasteiger partial charge in [-0.1, -0.05) is 90.5 Å². The maximum Gasteiger partial charge on any atom is 0.0709 e. The maximum absolute atomic E-state index is 5.92. The van der Waals surface area contributed by atoms with Gasteiger partial charge in [-0.25, -0.2) is 4.52 Å². The Labute approximate surface area is 237 Å². The van der Waals surface area contributed by atoms with Crippen LogP contribution in [-0.4, -0.2) is 9.61 Å². The molecule has 2 heterocycles. The molecule has 0 radical (unpaired) electrons. The van der Waals surface area contributed by atoms with Crippen molar-refractivity contribution < 1.29 is 0 Å². The lowest BCUT2D eigenvalue weighted by atomic mass is 9.99. The SMILES string of the molecule is CC(N)c1cccc2ccccc12.Cc1ccc2c(C(C)N)cccc2c1.Cc1ccc2c(C(C)N)cnn2c1. The number of nitrogens with zero attached hydrogens (tertiary/aromatic N) is 2. The summed E-state index contributed by atoms with van der Waals surface area (Å²) in [6.07, 6.45) is 3.83. The van der Waals surface area contributed by atoms with E-state index in [1.807, 2.05) is 56.7 Å². The number of benzene rings is 4. The lowest BCUT2D eigenvalue weighted by molar-refractivity contribution is 0.826. The summed E-state index contributed by atoms with van der Waals surface area (Å²) >= 11 is 0. The van der Waals surface area contributed by atoms with Crippen LogP contribution >= 0.6 is 0 Å². The van der Waals surface area contributed by atoms with Crippen LogP contribution in [0.4, 0.5) is 0 Å². The van der Waals surface area contributed by atoms with Crippen molar-refractivity contribution in [3.63, 3.8) is 0 Å². The predicted molar refractivity (Wildman–Crippen MR) is 170 cm³/mol. The first-order valence-corrected chi connectivity index (χ1v) is 13.8. The van der Waals surface area contributed by atoms with E-state index in [0.29, 0.717) is 0 Å². The predicted octanol–water partition coefficient (Wildman–Crippen LogP) is 7.69. The van der Waals surface area contributed by atoms with Gasteiger partial charge in [0.2, 0.25) is 0 Å². The summed E-state index contributed by atoms with van der Waals surface area (Å²) in [7, 11) is 0. The monoisotopic (exact) mass is 531 g/mol. The Morgan fingerprint density at radius 2 is 1.12 bits per heavy atom. The van der Waals surface area contributed by atoms with Gasteiger partial charge >= 0.3 is 0 Å². The number of rotatable bonds is 3. The minimum Gasteiger partial charge on any atom is -0.324 e. The van der Waals surface area contributed by atoms with Crippen LogP contribution in [-0.2, 0) is 0 Å². The van der Waals surface area contributed by atoms with Crippen LogP contribution in [0, 0.1) is 13.8 Å². The highest BCUT2D eigenvalue weighted by Gasteiger charge is 2.07. The summed E-state index contributed by atoms with van der Waals surface area (Å²) in [5.74, 6) is 0. The third kappa shape index (κ3) is 6.75. The molecule has 3 atom stereocenters. The minimum atomic E-state index is 0.0419. The molecule has 6 N–H and O–H groups in total. The quantitative estimate of drug-likeness (QED) is 0.218. The molecule has 6 rings (SSSR count). The highest BCUT2D eigenvalue weighted by molar-refractivity contribution is 5.87. The zero-order chi connectivity index (χ0) is 28.8. The summed E-state index contributed by atoms with van der Waals surface area (Å²) in [5.41, 5.74) is 24.7. The third-order valence-corrected chi connectivity index (χ3v) is 7.06.